The summed E-state index contributed by atoms with van der Waals surface area (Å²) in [5, 5.41) is 3.31. The van der Waals surface area contributed by atoms with E-state index in [0.717, 1.165) is 38.8 Å². The molecule has 1 fully saturated rings. The van der Waals surface area contributed by atoms with E-state index in [1.54, 1.807) is 19.2 Å². The summed E-state index contributed by atoms with van der Waals surface area (Å²) < 4.78 is 26.7. The lowest BCUT2D eigenvalue weighted by molar-refractivity contribution is 0.311. The predicted octanol–water partition coefficient (Wildman–Crippen LogP) is 2.26. The lowest BCUT2D eigenvalue weighted by Crippen LogP contribution is -2.37. The third kappa shape index (κ3) is 4.28. The third-order valence-electron chi connectivity index (χ3n) is 4.14. The first-order valence-electron chi connectivity index (χ1n) is 7.80. The number of piperidine rings is 1. The quantitative estimate of drug-likeness (QED) is 0.877. The molecule has 1 N–H and O–H groups in total. The Labute approximate surface area is 128 Å². The van der Waals surface area contributed by atoms with Crippen LogP contribution in [0.1, 0.15) is 31.7 Å². The van der Waals surface area contributed by atoms with Crippen molar-refractivity contribution in [2.45, 2.75) is 37.5 Å². The van der Waals surface area contributed by atoms with Gasteiger partial charge in [-0.25, -0.2) is 12.7 Å². The lowest BCUT2D eigenvalue weighted by Gasteiger charge is -2.27. The number of sulfonamides is 1. The Hall–Kier alpha value is -0.910. The number of hydrogen-bond donors (Lipinski definition) is 1. The van der Waals surface area contributed by atoms with E-state index in [-0.39, 0.29) is 0 Å². The molecule has 21 heavy (non-hydrogen) atoms. The minimum absolute atomic E-state index is 0.402. The minimum atomic E-state index is -3.36. The summed E-state index contributed by atoms with van der Waals surface area (Å²) in [5.74, 6) is 0.463. The average molecular weight is 310 g/mol. The van der Waals surface area contributed by atoms with Crippen LogP contribution in [0.4, 0.5) is 0 Å². The maximum atomic E-state index is 12.6. The SMILES string of the molecule is CCCc1ccc(S(=O)(=O)N(C)CC2CCNCC2)cc1. The van der Waals surface area contributed by atoms with Crippen molar-refractivity contribution in [1.82, 2.24) is 9.62 Å². The summed E-state index contributed by atoms with van der Waals surface area (Å²) in [6, 6.07) is 7.32. The maximum Gasteiger partial charge on any atom is 0.242 e. The van der Waals surface area contributed by atoms with Crippen LogP contribution in [0.3, 0.4) is 0 Å². The molecular formula is C16H26N2O2S. The van der Waals surface area contributed by atoms with Crippen molar-refractivity contribution >= 4 is 10.0 Å². The molecule has 2 rings (SSSR count). The van der Waals surface area contributed by atoms with Crippen molar-refractivity contribution in [1.29, 1.82) is 0 Å². The smallest absolute Gasteiger partial charge is 0.242 e. The summed E-state index contributed by atoms with van der Waals surface area (Å²) in [6.45, 7) is 4.72. The van der Waals surface area contributed by atoms with E-state index in [9.17, 15) is 8.42 Å². The second-order valence-corrected chi connectivity index (χ2v) is 7.92. The Morgan fingerprint density at radius 1 is 1.19 bits per heavy atom. The summed E-state index contributed by atoms with van der Waals surface area (Å²) in [6.07, 6.45) is 4.16. The molecule has 0 radical (unpaired) electrons. The molecule has 5 heteroatoms. The summed E-state index contributed by atoms with van der Waals surface area (Å²) in [7, 11) is -1.67. The molecule has 1 aromatic rings. The largest absolute Gasteiger partial charge is 0.317 e. The summed E-state index contributed by atoms with van der Waals surface area (Å²) >= 11 is 0. The maximum absolute atomic E-state index is 12.6. The van der Waals surface area contributed by atoms with E-state index in [2.05, 4.69) is 12.2 Å². The van der Waals surface area contributed by atoms with E-state index in [1.807, 2.05) is 12.1 Å². The molecule has 4 nitrogen and oxygen atoms in total. The monoisotopic (exact) mass is 310 g/mol. The second-order valence-electron chi connectivity index (χ2n) is 5.87. The second kappa shape index (κ2) is 7.38. The van der Waals surface area contributed by atoms with E-state index in [0.29, 0.717) is 17.4 Å². The van der Waals surface area contributed by atoms with Crippen LogP contribution in [0.5, 0.6) is 0 Å². The fourth-order valence-electron chi connectivity index (χ4n) is 2.82. The topological polar surface area (TPSA) is 49.4 Å². The molecule has 0 atom stereocenters. The van der Waals surface area contributed by atoms with Crippen molar-refractivity contribution in [3.8, 4) is 0 Å². The molecule has 0 bridgehead atoms. The Morgan fingerprint density at radius 2 is 1.81 bits per heavy atom. The number of hydrogen-bond acceptors (Lipinski definition) is 3. The van der Waals surface area contributed by atoms with Crippen LogP contribution in [0.2, 0.25) is 0 Å². The van der Waals surface area contributed by atoms with Gasteiger partial charge < -0.3 is 5.32 Å². The number of nitrogens with zero attached hydrogens (tertiary/aromatic N) is 1. The van der Waals surface area contributed by atoms with Crippen molar-refractivity contribution in [3.63, 3.8) is 0 Å². The van der Waals surface area contributed by atoms with Crippen molar-refractivity contribution in [2.75, 3.05) is 26.7 Å². The highest BCUT2D eigenvalue weighted by molar-refractivity contribution is 7.89. The van der Waals surface area contributed by atoms with Crippen LogP contribution in [0.25, 0.3) is 0 Å². The Balaban J connectivity index is 2.05. The van der Waals surface area contributed by atoms with Crippen molar-refractivity contribution in [2.24, 2.45) is 5.92 Å². The van der Waals surface area contributed by atoms with Gasteiger partial charge in [0.1, 0.15) is 0 Å². The molecule has 1 heterocycles. The number of benzene rings is 1. The third-order valence-corrected chi connectivity index (χ3v) is 5.98. The molecule has 0 unspecified atom stereocenters. The van der Waals surface area contributed by atoms with Gasteiger partial charge in [-0.3, -0.25) is 0 Å². The molecule has 0 amide bonds. The van der Waals surface area contributed by atoms with E-state index in [1.165, 1.54) is 9.87 Å². The zero-order chi connectivity index (χ0) is 15.3. The van der Waals surface area contributed by atoms with Gasteiger partial charge in [-0.1, -0.05) is 25.5 Å². The highest BCUT2D eigenvalue weighted by Gasteiger charge is 2.24. The van der Waals surface area contributed by atoms with Gasteiger partial charge in [-0.2, -0.15) is 0 Å². The van der Waals surface area contributed by atoms with Gasteiger partial charge in [0.25, 0.3) is 0 Å². The van der Waals surface area contributed by atoms with Crippen molar-refractivity contribution < 1.29 is 8.42 Å². The van der Waals surface area contributed by atoms with E-state index in [4.69, 9.17) is 0 Å². The van der Waals surface area contributed by atoms with Crippen LogP contribution in [-0.4, -0.2) is 39.4 Å². The van der Waals surface area contributed by atoms with Crippen LogP contribution < -0.4 is 5.32 Å². The van der Waals surface area contributed by atoms with Gasteiger partial charge in [-0.05, 0) is 56.0 Å². The molecule has 1 aliphatic rings. The highest BCUT2D eigenvalue weighted by Crippen LogP contribution is 2.20. The van der Waals surface area contributed by atoms with Gasteiger partial charge in [0, 0.05) is 13.6 Å². The molecule has 0 aliphatic carbocycles. The first kappa shape index (κ1) is 16.5. The molecule has 1 aromatic carbocycles. The van der Waals surface area contributed by atoms with Gasteiger partial charge >= 0.3 is 0 Å². The van der Waals surface area contributed by atoms with Crippen LogP contribution in [0, 0.1) is 5.92 Å². The average Bonchev–Trinajstić information content (AvgIpc) is 2.49. The summed E-state index contributed by atoms with van der Waals surface area (Å²) in [4.78, 5) is 0.402. The first-order chi connectivity index (χ1) is 10.0. The number of aryl methyl sites for hydroxylation is 1. The van der Waals surface area contributed by atoms with Gasteiger partial charge in [0.2, 0.25) is 10.0 Å². The number of rotatable bonds is 6. The molecular weight excluding hydrogens is 284 g/mol. The van der Waals surface area contributed by atoms with Gasteiger partial charge in [0.15, 0.2) is 0 Å². The molecule has 1 aliphatic heterocycles. The van der Waals surface area contributed by atoms with Crippen molar-refractivity contribution in [3.05, 3.63) is 29.8 Å². The first-order valence-corrected chi connectivity index (χ1v) is 9.24. The van der Waals surface area contributed by atoms with Crippen LogP contribution in [-0.2, 0) is 16.4 Å². The fraction of sp³-hybridized carbons (Fsp3) is 0.625. The summed E-state index contributed by atoms with van der Waals surface area (Å²) in [5.41, 5.74) is 1.19. The minimum Gasteiger partial charge on any atom is -0.317 e. The van der Waals surface area contributed by atoms with E-state index < -0.39 is 10.0 Å². The molecule has 0 spiro atoms. The molecule has 118 valence electrons. The fourth-order valence-corrected chi connectivity index (χ4v) is 4.07. The van der Waals surface area contributed by atoms with Gasteiger partial charge in [-0.15, -0.1) is 0 Å². The van der Waals surface area contributed by atoms with Crippen LogP contribution in [0.15, 0.2) is 29.2 Å². The Bertz CT molecular complexity index is 534. The lowest BCUT2D eigenvalue weighted by atomic mass is 9.98. The highest BCUT2D eigenvalue weighted by atomic mass is 32.2. The Morgan fingerprint density at radius 3 is 2.38 bits per heavy atom. The molecule has 0 aromatic heterocycles. The van der Waals surface area contributed by atoms with E-state index >= 15 is 0 Å². The predicted molar refractivity (Wildman–Crippen MR) is 85.8 cm³/mol. The molecule has 1 saturated heterocycles. The zero-order valence-corrected chi connectivity index (χ0v) is 13.8. The Kier molecular flexibility index (Phi) is 5.79. The number of nitrogens with one attached hydrogen (secondary N) is 1. The standard InChI is InChI=1S/C16H26N2O2S/c1-3-4-14-5-7-16(8-6-14)21(19,20)18(2)13-15-9-11-17-12-10-15/h5-8,15,17H,3-4,9-13H2,1-2H3. The molecule has 0 saturated carbocycles. The normalized spacial score (nSPS) is 17.3. The zero-order valence-electron chi connectivity index (χ0n) is 13.0. The van der Waals surface area contributed by atoms with Crippen LogP contribution >= 0.6 is 0 Å². The van der Waals surface area contributed by atoms with Gasteiger partial charge in [0.05, 0.1) is 4.90 Å².